The number of hydrogen-bond donors (Lipinski definition) is 3. The molecule has 19 heteroatoms. The van der Waals surface area contributed by atoms with Gasteiger partial charge in [-0.1, -0.05) is 331 Å². The smallest absolute Gasteiger partial charge is 0.462 e. The molecule has 0 amide bonds. The number of phosphoric ester groups is 2. The average molecular weight is 1400 g/mol. The number of hydrogen-bond acceptors (Lipinski definition) is 15. The normalized spacial score (nSPS) is 14.7. The fourth-order valence-electron chi connectivity index (χ4n) is 11.5. The van der Waals surface area contributed by atoms with Crippen LogP contribution in [0.3, 0.4) is 0 Å². The van der Waals surface area contributed by atoms with Gasteiger partial charge in [0.15, 0.2) is 12.2 Å². The van der Waals surface area contributed by atoms with E-state index >= 15 is 0 Å². The van der Waals surface area contributed by atoms with E-state index in [1.165, 1.54) is 186 Å². The van der Waals surface area contributed by atoms with E-state index in [1.54, 1.807) is 0 Å². The highest BCUT2D eigenvalue weighted by Crippen LogP contribution is 2.45. The quantitative estimate of drug-likeness (QED) is 0.0222. The van der Waals surface area contributed by atoms with Gasteiger partial charge in [0.05, 0.1) is 26.4 Å². The highest BCUT2D eigenvalue weighted by Gasteiger charge is 2.30. The number of aliphatic hydroxyl groups excluding tert-OH is 1. The van der Waals surface area contributed by atoms with Crippen LogP contribution in [0.2, 0.25) is 0 Å². The Morgan fingerprint density at radius 2 is 0.505 bits per heavy atom. The Kier molecular flexibility index (Phi) is 64.0. The molecule has 0 spiro atoms. The molecule has 4 unspecified atom stereocenters. The van der Waals surface area contributed by atoms with Gasteiger partial charge in [-0.3, -0.25) is 37.3 Å². The maximum Gasteiger partial charge on any atom is 0.472 e. The molecule has 0 aromatic rings. The summed E-state index contributed by atoms with van der Waals surface area (Å²) in [4.78, 5) is 72.9. The maximum absolute atomic E-state index is 13.1. The van der Waals surface area contributed by atoms with Gasteiger partial charge in [0.1, 0.15) is 19.3 Å². The third-order valence-electron chi connectivity index (χ3n) is 18.3. The van der Waals surface area contributed by atoms with Crippen LogP contribution in [0.1, 0.15) is 383 Å². The van der Waals surface area contributed by atoms with Gasteiger partial charge >= 0.3 is 39.5 Å². The highest BCUT2D eigenvalue weighted by atomic mass is 31.2. The molecule has 0 aliphatic heterocycles. The molecule has 0 radical (unpaired) electrons. The monoisotopic (exact) mass is 1400 g/mol. The predicted molar refractivity (Wildman–Crippen MR) is 386 cm³/mol. The number of carbonyl (C=O) groups is 4. The number of esters is 4. The van der Waals surface area contributed by atoms with Crippen LogP contribution in [0.15, 0.2) is 0 Å². The molecule has 17 nitrogen and oxygen atoms in total. The van der Waals surface area contributed by atoms with Crippen molar-refractivity contribution >= 4 is 39.5 Å². The van der Waals surface area contributed by atoms with Gasteiger partial charge in [-0.25, -0.2) is 9.13 Å². The van der Waals surface area contributed by atoms with Crippen molar-refractivity contribution in [3.8, 4) is 0 Å². The van der Waals surface area contributed by atoms with E-state index in [0.29, 0.717) is 25.7 Å². The van der Waals surface area contributed by atoms with Gasteiger partial charge in [0, 0.05) is 25.7 Å². The predicted octanol–water partition coefficient (Wildman–Crippen LogP) is 22.0. The van der Waals surface area contributed by atoms with Gasteiger partial charge in [-0.2, -0.15) is 0 Å². The van der Waals surface area contributed by atoms with E-state index in [9.17, 15) is 43.2 Å². The van der Waals surface area contributed by atoms with E-state index < -0.39 is 97.5 Å². The Hall–Kier alpha value is -1.94. The fraction of sp³-hybridized carbons (Fsp3) is 0.947. The first-order chi connectivity index (χ1) is 45.7. The molecule has 0 aliphatic rings. The fourth-order valence-corrected chi connectivity index (χ4v) is 13.1. The minimum Gasteiger partial charge on any atom is -0.462 e. The zero-order chi connectivity index (χ0) is 70.3. The minimum absolute atomic E-state index is 0.105. The summed E-state index contributed by atoms with van der Waals surface area (Å²) in [6.45, 7) is 14.2. The number of aliphatic hydroxyl groups is 1. The second kappa shape index (κ2) is 65.4. The first-order valence-corrected chi connectivity index (χ1v) is 42.3. The Bertz CT molecular complexity index is 1870. The first-order valence-electron chi connectivity index (χ1n) is 39.3. The van der Waals surface area contributed by atoms with Crippen LogP contribution in [-0.2, 0) is 65.4 Å². The largest absolute Gasteiger partial charge is 0.472 e. The summed E-state index contributed by atoms with van der Waals surface area (Å²) in [6.07, 6.45) is 49.7. The Morgan fingerprint density at radius 3 is 0.747 bits per heavy atom. The van der Waals surface area contributed by atoms with Gasteiger partial charge in [0.2, 0.25) is 0 Å². The Morgan fingerprint density at radius 1 is 0.295 bits per heavy atom. The molecule has 564 valence electrons. The van der Waals surface area contributed by atoms with Crippen molar-refractivity contribution in [3.63, 3.8) is 0 Å². The third kappa shape index (κ3) is 67.6. The van der Waals surface area contributed by atoms with Crippen LogP contribution in [0.4, 0.5) is 0 Å². The van der Waals surface area contributed by atoms with E-state index in [4.69, 9.17) is 37.0 Å². The summed E-state index contributed by atoms with van der Waals surface area (Å²) < 4.78 is 68.6. The molecule has 0 saturated heterocycles. The molecule has 7 atom stereocenters. The first kappa shape index (κ1) is 93.1. The molecule has 0 aromatic heterocycles. The number of carbonyl (C=O) groups excluding carboxylic acids is 4. The van der Waals surface area contributed by atoms with Crippen molar-refractivity contribution in [2.75, 3.05) is 39.6 Å². The molecule has 0 saturated carbocycles. The Labute approximate surface area is 581 Å². The lowest BCUT2D eigenvalue weighted by Gasteiger charge is -2.21. The van der Waals surface area contributed by atoms with Gasteiger partial charge in [-0.05, 0) is 49.4 Å². The van der Waals surface area contributed by atoms with Crippen LogP contribution in [0, 0.1) is 23.7 Å². The van der Waals surface area contributed by atoms with E-state index in [1.807, 2.05) is 0 Å². The standard InChI is InChI=1S/C76H148O17P2/c1-9-68(7)54-46-38-30-22-18-19-25-35-43-51-59-76(81)93-72(63-87-74(79)57-49-41-33-27-26-31-39-47-55-69(8)10-2)65-91-95(84,85)89-61-70(77)60-88-94(82,83)90-64-71(62-86-73(78)56-48-40-32-23-17-13-15-21-29-37-45-53-67(5)6)92-75(80)58-50-42-34-24-16-12-11-14-20-28-36-44-52-66(3)4/h66-72,77H,9-65H2,1-8H3,(H,82,83)(H,84,85)/t68?,69?,70-,71-,72-/m1/s1. The van der Waals surface area contributed by atoms with Crippen molar-refractivity contribution in [2.45, 2.75) is 401 Å². The van der Waals surface area contributed by atoms with Crippen molar-refractivity contribution in [2.24, 2.45) is 23.7 Å². The summed E-state index contributed by atoms with van der Waals surface area (Å²) in [7, 11) is -9.92. The molecular weight excluding hydrogens is 1250 g/mol. The molecule has 0 bridgehead atoms. The van der Waals surface area contributed by atoms with Crippen LogP contribution in [-0.4, -0.2) is 96.7 Å². The van der Waals surface area contributed by atoms with Crippen molar-refractivity contribution in [3.05, 3.63) is 0 Å². The van der Waals surface area contributed by atoms with Crippen LogP contribution < -0.4 is 0 Å². The zero-order valence-corrected chi connectivity index (χ0v) is 64.1. The zero-order valence-electron chi connectivity index (χ0n) is 62.3. The van der Waals surface area contributed by atoms with Crippen LogP contribution in [0.5, 0.6) is 0 Å². The Balaban J connectivity index is 5.29. The third-order valence-corrected chi connectivity index (χ3v) is 20.2. The maximum atomic E-state index is 13.1. The van der Waals surface area contributed by atoms with Crippen LogP contribution >= 0.6 is 15.6 Å². The van der Waals surface area contributed by atoms with Crippen molar-refractivity contribution in [1.29, 1.82) is 0 Å². The highest BCUT2D eigenvalue weighted by molar-refractivity contribution is 7.47. The average Bonchev–Trinajstić information content (AvgIpc) is 1.95. The summed E-state index contributed by atoms with van der Waals surface area (Å²) >= 11 is 0. The number of ether oxygens (including phenoxy) is 4. The summed E-state index contributed by atoms with van der Waals surface area (Å²) in [5, 5.41) is 10.6. The number of rotatable bonds is 73. The molecular formula is C76H148O17P2. The van der Waals surface area contributed by atoms with Gasteiger partial charge in [-0.15, -0.1) is 0 Å². The summed E-state index contributed by atoms with van der Waals surface area (Å²) in [5.74, 6) is 1.01. The summed E-state index contributed by atoms with van der Waals surface area (Å²) in [5.41, 5.74) is 0. The van der Waals surface area contributed by atoms with Gasteiger partial charge < -0.3 is 33.8 Å². The van der Waals surface area contributed by atoms with Crippen molar-refractivity contribution < 1.29 is 80.2 Å². The lowest BCUT2D eigenvalue weighted by atomic mass is 9.99. The summed E-state index contributed by atoms with van der Waals surface area (Å²) in [6, 6.07) is 0. The SMILES string of the molecule is CCC(C)CCCCCCCCCCCCC(=O)O[C@H](COC(=O)CCCCCCCCCCC(C)CC)COP(=O)(O)OC[C@H](O)COP(=O)(O)OC[C@@H](COC(=O)CCCCCCCCCCCCCC(C)C)OC(=O)CCCCCCCCCCCCCCC(C)C. The van der Waals surface area contributed by atoms with E-state index in [-0.39, 0.29) is 25.7 Å². The lowest BCUT2D eigenvalue weighted by molar-refractivity contribution is -0.161. The molecule has 95 heavy (non-hydrogen) atoms. The minimum atomic E-state index is -4.96. The number of phosphoric acid groups is 2. The lowest BCUT2D eigenvalue weighted by Crippen LogP contribution is -2.30. The number of unbranched alkanes of at least 4 members (excludes halogenated alkanes) is 37. The molecule has 3 N–H and O–H groups in total. The topological polar surface area (TPSA) is 237 Å². The molecule has 0 aliphatic carbocycles. The molecule has 0 heterocycles. The molecule has 0 rings (SSSR count). The second-order valence-corrected chi connectivity index (χ2v) is 31.7. The van der Waals surface area contributed by atoms with E-state index in [0.717, 1.165) is 114 Å². The molecule has 0 aromatic carbocycles. The van der Waals surface area contributed by atoms with Crippen molar-refractivity contribution in [1.82, 2.24) is 0 Å². The molecule has 0 fully saturated rings. The second-order valence-electron chi connectivity index (χ2n) is 28.8. The van der Waals surface area contributed by atoms with Gasteiger partial charge in [0.25, 0.3) is 0 Å². The van der Waals surface area contributed by atoms with Crippen LogP contribution in [0.25, 0.3) is 0 Å². The van der Waals surface area contributed by atoms with E-state index in [2.05, 4.69) is 55.4 Å².